The van der Waals surface area contributed by atoms with Gasteiger partial charge in [-0.15, -0.1) is 11.3 Å². The number of carbonyl (C=O) groups excluding carboxylic acids is 1. The molecule has 0 bridgehead atoms. The second kappa shape index (κ2) is 6.69. The minimum absolute atomic E-state index is 0.0622. The monoisotopic (exact) mass is 294 g/mol. The Hall–Kier alpha value is -1.63. The Morgan fingerprint density at radius 1 is 1.40 bits per heavy atom. The van der Waals surface area contributed by atoms with Crippen LogP contribution >= 0.6 is 11.3 Å². The maximum Gasteiger partial charge on any atom is 0.264 e. The minimum atomic E-state index is -0.0872. The van der Waals surface area contributed by atoms with E-state index in [-0.39, 0.29) is 12.5 Å². The lowest BCUT2D eigenvalue weighted by molar-refractivity contribution is 0.0661. The van der Waals surface area contributed by atoms with Crippen molar-refractivity contribution >= 4 is 33.0 Å². The summed E-state index contributed by atoms with van der Waals surface area (Å²) in [6.45, 7) is 1.15. The van der Waals surface area contributed by atoms with Gasteiger partial charge in [0.25, 0.3) is 5.91 Å². The van der Waals surface area contributed by atoms with Crippen molar-refractivity contribution in [2.24, 2.45) is 0 Å². The summed E-state index contributed by atoms with van der Waals surface area (Å²) in [7, 11) is 1.59. The zero-order chi connectivity index (χ0) is 14.5. The highest BCUT2D eigenvalue weighted by Crippen LogP contribution is 2.28. The molecule has 2 rings (SSSR count). The van der Waals surface area contributed by atoms with Gasteiger partial charge in [0.05, 0.1) is 18.1 Å². The van der Waals surface area contributed by atoms with Crippen molar-refractivity contribution in [3.05, 3.63) is 29.1 Å². The first-order valence-corrected chi connectivity index (χ1v) is 7.15. The zero-order valence-corrected chi connectivity index (χ0v) is 12.2. The first-order valence-electron chi connectivity index (χ1n) is 6.34. The number of benzene rings is 1. The second-order valence-electron chi connectivity index (χ2n) is 4.42. The number of anilines is 1. The molecular weight excluding hydrogens is 276 g/mol. The van der Waals surface area contributed by atoms with E-state index in [1.165, 1.54) is 11.3 Å². The van der Waals surface area contributed by atoms with Crippen molar-refractivity contribution in [3.63, 3.8) is 0 Å². The van der Waals surface area contributed by atoms with Crippen LogP contribution in [0.4, 0.5) is 5.69 Å². The molecule has 5 nitrogen and oxygen atoms in total. The number of thiophene rings is 1. The molecule has 20 heavy (non-hydrogen) atoms. The highest BCUT2D eigenvalue weighted by Gasteiger charge is 2.17. The molecule has 0 aliphatic carbocycles. The van der Waals surface area contributed by atoms with Crippen LogP contribution < -0.4 is 5.73 Å². The summed E-state index contributed by atoms with van der Waals surface area (Å²) in [6.07, 6.45) is 0. The van der Waals surface area contributed by atoms with Crippen molar-refractivity contribution in [1.29, 1.82) is 0 Å². The number of aliphatic hydroxyl groups is 1. The number of hydrogen-bond donors (Lipinski definition) is 2. The van der Waals surface area contributed by atoms with Crippen LogP contribution in [0.1, 0.15) is 9.67 Å². The summed E-state index contributed by atoms with van der Waals surface area (Å²) < 4.78 is 6.02. The van der Waals surface area contributed by atoms with E-state index in [0.29, 0.717) is 30.3 Å². The van der Waals surface area contributed by atoms with Gasteiger partial charge in [-0.25, -0.2) is 0 Å². The largest absolute Gasteiger partial charge is 0.399 e. The maximum atomic E-state index is 12.4. The Kier molecular flexibility index (Phi) is 4.94. The van der Waals surface area contributed by atoms with Crippen LogP contribution in [-0.2, 0) is 4.74 Å². The molecule has 108 valence electrons. The third-order valence-corrected chi connectivity index (χ3v) is 4.08. The molecule has 0 fully saturated rings. The predicted molar refractivity (Wildman–Crippen MR) is 81.1 cm³/mol. The van der Waals surface area contributed by atoms with Crippen LogP contribution in [0.5, 0.6) is 0 Å². The van der Waals surface area contributed by atoms with Crippen LogP contribution in [0.15, 0.2) is 24.3 Å². The van der Waals surface area contributed by atoms with Gasteiger partial charge in [0.15, 0.2) is 0 Å². The highest BCUT2D eigenvalue weighted by atomic mass is 32.1. The molecule has 0 saturated carbocycles. The molecule has 1 amide bonds. The molecule has 0 aliphatic heterocycles. The Bertz CT molecular complexity index is 597. The summed E-state index contributed by atoms with van der Waals surface area (Å²) >= 11 is 1.43. The van der Waals surface area contributed by atoms with Crippen LogP contribution in [0.3, 0.4) is 0 Å². The van der Waals surface area contributed by atoms with E-state index in [2.05, 4.69) is 0 Å². The number of nitrogens with zero attached hydrogens (tertiary/aromatic N) is 1. The van der Waals surface area contributed by atoms with E-state index in [4.69, 9.17) is 15.6 Å². The number of nitrogens with two attached hydrogens (primary N) is 1. The minimum Gasteiger partial charge on any atom is -0.399 e. The summed E-state index contributed by atoms with van der Waals surface area (Å²) in [5, 5.41) is 10.0. The van der Waals surface area contributed by atoms with Crippen LogP contribution in [0.25, 0.3) is 10.1 Å². The Balaban J connectivity index is 2.23. The van der Waals surface area contributed by atoms with E-state index >= 15 is 0 Å². The smallest absolute Gasteiger partial charge is 0.264 e. The van der Waals surface area contributed by atoms with Gasteiger partial charge in [0.1, 0.15) is 0 Å². The third-order valence-electron chi connectivity index (χ3n) is 2.97. The van der Waals surface area contributed by atoms with E-state index in [0.717, 1.165) is 10.1 Å². The number of aliphatic hydroxyl groups excluding tert-OH is 1. The Morgan fingerprint density at radius 2 is 2.20 bits per heavy atom. The fourth-order valence-corrected chi connectivity index (χ4v) is 2.97. The molecule has 2 aromatic rings. The van der Waals surface area contributed by atoms with Gasteiger partial charge >= 0.3 is 0 Å². The second-order valence-corrected chi connectivity index (χ2v) is 5.50. The van der Waals surface area contributed by atoms with Crippen molar-refractivity contribution in [1.82, 2.24) is 4.90 Å². The summed E-state index contributed by atoms with van der Waals surface area (Å²) in [6, 6.07) is 7.44. The van der Waals surface area contributed by atoms with Crippen molar-refractivity contribution in [2.75, 3.05) is 39.1 Å². The lowest BCUT2D eigenvalue weighted by Crippen LogP contribution is -2.35. The standard InChI is InChI=1S/C14H18N2O3S/c1-19-7-5-16(4-6-17)14(18)13-9-10-8-11(15)2-3-12(10)20-13/h2-3,8-9,17H,4-7,15H2,1H3. The first kappa shape index (κ1) is 14.8. The van der Waals surface area contributed by atoms with E-state index < -0.39 is 0 Å². The van der Waals surface area contributed by atoms with Gasteiger partial charge in [-0.2, -0.15) is 0 Å². The van der Waals surface area contributed by atoms with Gasteiger partial charge in [0.2, 0.25) is 0 Å². The quantitative estimate of drug-likeness (QED) is 0.793. The van der Waals surface area contributed by atoms with Crippen molar-refractivity contribution < 1.29 is 14.6 Å². The molecule has 0 radical (unpaired) electrons. The highest BCUT2D eigenvalue weighted by molar-refractivity contribution is 7.20. The Labute approximate surface area is 121 Å². The van der Waals surface area contributed by atoms with Crippen LogP contribution in [0.2, 0.25) is 0 Å². The number of fused-ring (bicyclic) bond motifs is 1. The number of amides is 1. The number of carbonyl (C=O) groups is 1. The Morgan fingerprint density at radius 3 is 2.90 bits per heavy atom. The number of nitrogen functional groups attached to an aromatic ring is 1. The van der Waals surface area contributed by atoms with Gasteiger partial charge in [-0.3, -0.25) is 4.79 Å². The molecule has 1 aromatic heterocycles. The molecule has 0 spiro atoms. The third kappa shape index (κ3) is 3.27. The molecule has 0 atom stereocenters. The molecule has 0 unspecified atom stereocenters. The predicted octanol–water partition coefficient (Wildman–Crippen LogP) is 1.56. The fourth-order valence-electron chi connectivity index (χ4n) is 1.96. The van der Waals surface area contributed by atoms with Gasteiger partial charge in [-0.1, -0.05) is 0 Å². The van der Waals surface area contributed by atoms with Crippen LogP contribution in [0, 0.1) is 0 Å². The lowest BCUT2D eigenvalue weighted by atomic mass is 10.2. The molecule has 1 aromatic carbocycles. The molecule has 6 heteroatoms. The number of rotatable bonds is 6. The van der Waals surface area contributed by atoms with E-state index in [1.807, 2.05) is 24.3 Å². The summed E-state index contributed by atoms with van der Waals surface area (Å²) in [4.78, 5) is 14.7. The fraction of sp³-hybridized carbons (Fsp3) is 0.357. The first-order chi connectivity index (χ1) is 9.65. The van der Waals surface area contributed by atoms with E-state index in [1.54, 1.807) is 12.0 Å². The van der Waals surface area contributed by atoms with E-state index in [9.17, 15) is 4.79 Å². The summed E-state index contributed by atoms with van der Waals surface area (Å²) in [5.74, 6) is -0.0872. The summed E-state index contributed by atoms with van der Waals surface area (Å²) in [5.41, 5.74) is 6.42. The molecule has 1 heterocycles. The van der Waals surface area contributed by atoms with Gasteiger partial charge < -0.3 is 20.5 Å². The molecular formula is C14H18N2O3S. The number of hydrogen-bond acceptors (Lipinski definition) is 5. The molecule has 0 saturated heterocycles. The molecule has 3 N–H and O–H groups in total. The maximum absolute atomic E-state index is 12.4. The van der Waals surface area contributed by atoms with Crippen molar-refractivity contribution in [3.8, 4) is 0 Å². The molecule has 0 aliphatic rings. The van der Waals surface area contributed by atoms with Gasteiger partial charge in [0, 0.05) is 30.6 Å². The number of ether oxygens (including phenoxy) is 1. The lowest BCUT2D eigenvalue weighted by Gasteiger charge is -2.20. The number of methoxy groups -OCH3 is 1. The average Bonchev–Trinajstić information content (AvgIpc) is 2.85. The van der Waals surface area contributed by atoms with Crippen LogP contribution in [-0.4, -0.2) is 49.3 Å². The topological polar surface area (TPSA) is 75.8 Å². The SMILES string of the molecule is COCCN(CCO)C(=O)c1cc2cc(N)ccc2s1. The average molecular weight is 294 g/mol. The van der Waals surface area contributed by atoms with Crippen molar-refractivity contribution in [2.45, 2.75) is 0 Å². The van der Waals surface area contributed by atoms with Gasteiger partial charge in [-0.05, 0) is 29.7 Å². The zero-order valence-electron chi connectivity index (χ0n) is 11.3. The normalized spacial score (nSPS) is 10.9.